The molecule has 1 aromatic heterocycles. The summed E-state index contributed by atoms with van der Waals surface area (Å²) in [6.07, 6.45) is 0.636. The van der Waals surface area contributed by atoms with Crippen molar-refractivity contribution >= 4 is 17.8 Å². The third kappa shape index (κ3) is 3.04. The van der Waals surface area contributed by atoms with Crippen molar-refractivity contribution in [1.29, 1.82) is 0 Å². The molecular formula is C7H9N5O4. The SMILES string of the molecule is NC(=O)CC(NC(=O)c1cn[nH]n1)C(=O)O. The van der Waals surface area contributed by atoms with Crippen LogP contribution in [0.4, 0.5) is 0 Å². The second-order valence-electron chi connectivity index (χ2n) is 2.89. The molecule has 5 N–H and O–H groups in total. The van der Waals surface area contributed by atoms with Crippen LogP contribution in [-0.4, -0.2) is 44.3 Å². The van der Waals surface area contributed by atoms with Gasteiger partial charge in [0.05, 0.1) is 12.6 Å². The predicted octanol–water partition coefficient (Wildman–Crippen LogP) is -2.14. The number of primary amides is 1. The van der Waals surface area contributed by atoms with E-state index < -0.39 is 30.2 Å². The largest absolute Gasteiger partial charge is 0.480 e. The molecule has 9 heteroatoms. The van der Waals surface area contributed by atoms with Gasteiger partial charge in [-0.05, 0) is 0 Å². The molecule has 1 heterocycles. The number of nitrogens with two attached hydrogens (primary N) is 1. The van der Waals surface area contributed by atoms with Crippen molar-refractivity contribution in [2.24, 2.45) is 5.73 Å². The van der Waals surface area contributed by atoms with Gasteiger partial charge in [-0.2, -0.15) is 15.4 Å². The zero-order chi connectivity index (χ0) is 12.1. The van der Waals surface area contributed by atoms with E-state index in [2.05, 4.69) is 20.7 Å². The first-order valence-electron chi connectivity index (χ1n) is 4.18. The van der Waals surface area contributed by atoms with E-state index >= 15 is 0 Å². The van der Waals surface area contributed by atoms with Crippen LogP contribution in [0.15, 0.2) is 6.20 Å². The quantitative estimate of drug-likeness (QED) is 0.450. The van der Waals surface area contributed by atoms with Crippen molar-refractivity contribution < 1.29 is 19.5 Å². The Hall–Kier alpha value is -2.45. The molecule has 1 unspecified atom stereocenters. The molecule has 2 amide bonds. The summed E-state index contributed by atoms with van der Waals surface area (Å²) in [6, 6.07) is -1.37. The van der Waals surface area contributed by atoms with Gasteiger partial charge in [-0.1, -0.05) is 0 Å². The maximum Gasteiger partial charge on any atom is 0.326 e. The van der Waals surface area contributed by atoms with Crippen molar-refractivity contribution in [1.82, 2.24) is 20.7 Å². The first-order valence-corrected chi connectivity index (χ1v) is 4.18. The summed E-state index contributed by atoms with van der Waals surface area (Å²) in [4.78, 5) is 32.6. The van der Waals surface area contributed by atoms with Crippen molar-refractivity contribution in [3.8, 4) is 0 Å². The Morgan fingerprint density at radius 2 is 2.25 bits per heavy atom. The molecule has 0 radical (unpaired) electrons. The number of aromatic nitrogens is 3. The molecule has 86 valence electrons. The van der Waals surface area contributed by atoms with Crippen molar-refractivity contribution in [3.05, 3.63) is 11.9 Å². The number of amides is 2. The third-order valence-electron chi connectivity index (χ3n) is 1.66. The highest BCUT2D eigenvalue weighted by Gasteiger charge is 2.23. The Morgan fingerprint density at radius 3 is 2.69 bits per heavy atom. The molecule has 1 aromatic rings. The maximum atomic E-state index is 11.4. The highest BCUT2D eigenvalue weighted by molar-refractivity contribution is 5.95. The van der Waals surface area contributed by atoms with Gasteiger partial charge in [0.1, 0.15) is 6.04 Å². The van der Waals surface area contributed by atoms with Crippen LogP contribution in [0, 0.1) is 0 Å². The molecule has 0 spiro atoms. The van der Waals surface area contributed by atoms with Gasteiger partial charge in [0.15, 0.2) is 5.69 Å². The smallest absolute Gasteiger partial charge is 0.326 e. The van der Waals surface area contributed by atoms with Gasteiger partial charge in [0.25, 0.3) is 5.91 Å². The minimum Gasteiger partial charge on any atom is -0.480 e. The lowest BCUT2D eigenvalue weighted by Crippen LogP contribution is -2.43. The van der Waals surface area contributed by atoms with Gasteiger partial charge in [0, 0.05) is 0 Å². The Labute approximate surface area is 89.0 Å². The number of hydrogen-bond donors (Lipinski definition) is 4. The van der Waals surface area contributed by atoms with E-state index in [0.717, 1.165) is 6.20 Å². The Kier molecular flexibility index (Phi) is 3.53. The summed E-state index contributed by atoms with van der Waals surface area (Å²) < 4.78 is 0. The molecule has 0 aromatic carbocycles. The zero-order valence-corrected chi connectivity index (χ0v) is 8.01. The van der Waals surface area contributed by atoms with Crippen molar-refractivity contribution in [2.45, 2.75) is 12.5 Å². The number of nitrogens with one attached hydrogen (secondary N) is 2. The standard InChI is InChI=1S/C7H9N5O4/c8-5(13)1-3(7(15)16)10-6(14)4-2-9-12-11-4/h2-3H,1H2,(H2,8,13)(H,10,14)(H,15,16)(H,9,11,12). The minimum atomic E-state index is -1.37. The summed E-state index contributed by atoms with van der Waals surface area (Å²) in [5.41, 5.74) is 4.76. The van der Waals surface area contributed by atoms with E-state index in [1.807, 2.05) is 0 Å². The number of carboxylic acids is 1. The summed E-state index contributed by atoms with van der Waals surface area (Å²) in [7, 11) is 0. The monoisotopic (exact) mass is 227 g/mol. The van der Waals surface area contributed by atoms with Crippen LogP contribution in [0.5, 0.6) is 0 Å². The van der Waals surface area contributed by atoms with Crippen LogP contribution in [-0.2, 0) is 9.59 Å². The Balaban J connectivity index is 2.65. The van der Waals surface area contributed by atoms with E-state index in [1.54, 1.807) is 0 Å². The van der Waals surface area contributed by atoms with Gasteiger partial charge < -0.3 is 16.2 Å². The fraction of sp³-hybridized carbons (Fsp3) is 0.286. The molecule has 0 fully saturated rings. The molecule has 1 atom stereocenters. The van der Waals surface area contributed by atoms with Gasteiger partial charge in [-0.3, -0.25) is 9.59 Å². The molecule has 0 aliphatic heterocycles. The normalized spacial score (nSPS) is 11.8. The van der Waals surface area contributed by atoms with Gasteiger partial charge in [-0.15, -0.1) is 0 Å². The molecule has 9 nitrogen and oxygen atoms in total. The summed E-state index contributed by atoms with van der Waals surface area (Å²) in [6.45, 7) is 0. The average Bonchev–Trinajstić information content (AvgIpc) is 2.68. The molecule has 1 rings (SSSR count). The lowest BCUT2D eigenvalue weighted by molar-refractivity contribution is -0.140. The van der Waals surface area contributed by atoms with Crippen LogP contribution < -0.4 is 11.1 Å². The number of rotatable bonds is 5. The van der Waals surface area contributed by atoms with E-state index in [1.165, 1.54) is 0 Å². The predicted molar refractivity (Wildman–Crippen MR) is 49.1 cm³/mol. The molecule has 0 saturated carbocycles. The number of hydrogen-bond acceptors (Lipinski definition) is 5. The maximum absolute atomic E-state index is 11.4. The number of carboxylic acid groups (broad SMARTS) is 1. The number of aliphatic carboxylic acids is 1. The van der Waals surface area contributed by atoms with Gasteiger partial charge in [-0.25, -0.2) is 4.79 Å². The van der Waals surface area contributed by atoms with Crippen LogP contribution in [0.2, 0.25) is 0 Å². The summed E-state index contributed by atoms with van der Waals surface area (Å²) in [5, 5.41) is 19.8. The topological polar surface area (TPSA) is 151 Å². The van der Waals surface area contributed by atoms with E-state index in [0.29, 0.717) is 0 Å². The second kappa shape index (κ2) is 4.87. The van der Waals surface area contributed by atoms with Crippen LogP contribution in [0.1, 0.15) is 16.9 Å². The van der Waals surface area contributed by atoms with E-state index in [-0.39, 0.29) is 5.69 Å². The Morgan fingerprint density at radius 1 is 1.56 bits per heavy atom. The highest BCUT2D eigenvalue weighted by atomic mass is 16.4. The number of nitrogens with zero attached hydrogens (tertiary/aromatic N) is 2. The average molecular weight is 227 g/mol. The second-order valence-corrected chi connectivity index (χ2v) is 2.89. The van der Waals surface area contributed by atoms with Gasteiger partial charge in [0.2, 0.25) is 5.91 Å². The van der Waals surface area contributed by atoms with Crippen LogP contribution in [0.25, 0.3) is 0 Å². The number of carbonyl (C=O) groups is 3. The Bertz CT molecular complexity index is 401. The molecule has 0 aliphatic rings. The van der Waals surface area contributed by atoms with Crippen LogP contribution in [0.3, 0.4) is 0 Å². The lowest BCUT2D eigenvalue weighted by atomic mass is 10.2. The first-order chi connectivity index (χ1) is 7.50. The molecule has 0 aliphatic carbocycles. The molecule has 16 heavy (non-hydrogen) atoms. The minimum absolute atomic E-state index is 0.0734. The molecule has 0 bridgehead atoms. The summed E-state index contributed by atoms with van der Waals surface area (Å²) >= 11 is 0. The molecular weight excluding hydrogens is 218 g/mol. The number of aromatic amines is 1. The van der Waals surface area contributed by atoms with Crippen molar-refractivity contribution in [2.75, 3.05) is 0 Å². The number of carbonyl (C=O) groups excluding carboxylic acids is 2. The third-order valence-corrected chi connectivity index (χ3v) is 1.66. The van der Waals surface area contributed by atoms with E-state index in [4.69, 9.17) is 10.8 Å². The van der Waals surface area contributed by atoms with Crippen molar-refractivity contribution in [3.63, 3.8) is 0 Å². The lowest BCUT2D eigenvalue weighted by Gasteiger charge is -2.10. The summed E-state index contributed by atoms with van der Waals surface area (Å²) in [5.74, 6) is -2.93. The van der Waals surface area contributed by atoms with Gasteiger partial charge >= 0.3 is 5.97 Å². The number of H-pyrrole nitrogens is 1. The highest BCUT2D eigenvalue weighted by Crippen LogP contribution is 1.95. The zero-order valence-electron chi connectivity index (χ0n) is 8.01. The molecule has 0 saturated heterocycles. The first kappa shape index (κ1) is 11.6. The van der Waals surface area contributed by atoms with Crippen LogP contribution >= 0.6 is 0 Å². The fourth-order valence-corrected chi connectivity index (χ4v) is 0.944. The van der Waals surface area contributed by atoms with E-state index in [9.17, 15) is 14.4 Å². The fourth-order valence-electron chi connectivity index (χ4n) is 0.944.